The van der Waals surface area contributed by atoms with E-state index in [2.05, 4.69) is 0 Å². The van der Waals surface area contributed by atoms with Gasteiger partial charge in [-0.3, -0.25) is 28.8 Å². The third-order valence-electron chi connectivity index (χ3n) is 7.55. The van der Waals surface area contributed by atoms with E-state index >= 15 is 0 Å². The van der Waals surface area contributed by atoms with Crippen LogP contribution in [0.2, 0.25) is 0 Å². The van der Waals surface area contributed by atoms with E-state index in [9.17, 15) is 39.0 Å². The standard InChI is InChI=1S/C24H32O10.2Na.2H/c25-19(26)13-7-1-3-9-15(13)21(29)33-23(31)17-11-5-6-12-18(17)24(32)34-22(30)16-10-4-2-8-14(16)20(27)28;;;;/h13-18H,1-12H2,(H,25,26)(H,27,28);;;;. The quantitative estimate of drug-likeness (QED) is 0.293. The second kappa shape index (κ2) is 15.6. The third-order valence-corrected chi connectivity index (χ3v) is 7.55. The summed E-state index contributed by atoms with van der Waals surface area (Å²) >= 11 is 0. The number of hydrogen-bond acceptors (Lipinski definition) is 8. The first kappa shape index (κ1) is 33.2. The van der Waals surface area contributed by atoms with Gasteiger partial charge in [0.25, 0.3) is 0 Å². The number of carboxylic acids is 2. The molecule has 0 spiro atoms. The fraction of sp³-hybridized carbons (Fsp3) is 0.750. The van der Waals surface area contributed by atoms with Crippen molar-refractivity contribution in [2.75, 3.05) is 0 Å². The Morgan fingerprint density at radius 3 is 0.833 bits per heavy atom. The molecule has 3 aliphatic carbocycles. The fourth-order valence-corrected chi connectivity index (χ4v) is 5.61. The van der Waals surface area contributed by atoms with Gasteiger partial charge in [0, 0.05) is 0 Å². The van der Waals surface area contributed by atoms with E-state index < -0.39 is 71.3 Å². The van der Waals surface area contributed by atoms with Crippen LogP contribution in [0.15, 0.2) is 0 Å². The van der Waals surface area contributed by atoms with Gasteiger partial charge in [-0.1, -0.05) is 38.5 Å². The van der Waals surface area contributed by atoms with Crippen molar-refractivity contribution in [1.29, 1.82) is 0 Å². The van der Waals surface area contributed by atoms with E-state index in [0.29, 0.717) is 64.2 Å². The molecular formula is C24H34Na2O10. The van der Waals surface area contributed by atoms with Gasteiger partial charge in [0.2, 0.25) is 0 Å². The Morgan fingerprint density at radius 1 is 0.417 bits per heavy atom. The van der Waals surface area contributed by atoms with Crippen LogP contribution in [-0.2, 0) is 38.2 Å². The van der Waals surface area contributed by atoms with Gasteiger partial charge in [-0.15, -0.1) is 0 Å². The van der Waals surface area contributed by atoms with Crippen LogP contribution in [0.5, 0.6) is 0 Å². The van der Waals surface area contributed by atoms with E-state index in [0.717, 1.165) is 0 Å². The minimum atomic E-state index is -1.10. The molecule has 6 atom stereocenters. The second-order valence-corrected chi connectivity index (χ2v) is 9.65. The summed E-state index contributed by atoms with van der Waals surface area (Å²) in [5, 5.41) is 18.8. The molecule has 192 valence electrons. The number of carboxylic acid groups (broad SMARTS) is 2. The SMILES string of the molecule is O=C(O)C1CCCCC1C(=O)OC(=O)C1CCCCC1C(=O)OC(=O)C1CCCCC1C(=O)O.[NaH].[NaH]. The van der Waals surface area contributed by atoms with Gasteiger partial charge in [0.15, 0.2) is 0 Å². The Hall–Kier alpha value is -0.780. The van der Waals surface area contributed by atoms with Gasteiger partial charge in [-0.25, -0.2) is 0 Å². The third kappa shape index (κ3) is 8.36. The van der Waals surface area contributed by atoms with Crippen molar-refractivity contribution in [1.82, 2.24) is 0 Å². The molecule has 0 bridgehead atoms. The molecule has 0 aromatic carbocycles. The van der Waals surface area contributed by atoms with Gasteiger partial charge in [-0.2, -0.15) is 0 Å². The van der Waals surface area contributed by atoms with E-state index in [1.165, 1.54) is 0 Å². The molecule has 0 amide bonds. The number of rotatable bonds is 6. The summed E-state index contributed by atoms with van der Waals surface area (Å²) in [7, 11) is 0. The van der Waals surface area contributed by atoms with Crippen LogP contribution in [0.1, 0.15) is 77.0 Å². The Kier molecular flexibility index (Phi) is 14.4. The van der Waals surface area contributed by atoms with Crippen LogP contribution in [0, 0.1) is 35.5 Å². The Balaban J connectivity index is 0.00000324. The molecule has 0 saturated heterocycles. The first-order valence-corrected chi connectivity index (χ1v) is 12.2. The van der Waals surface area contributed by atoms with Crippen molar-refractivity contribution in [3.8, 4) is 0 Å². The molecule has 3 fully saturated rings. The molecular weight excluding hydrogens is 494 g/mol. The first-order chi connectivity index (χ1) is 16.2. The Labute approximate surface area is 254 Å². The van der Waals surface area contributed by atoms with Gasteiger partial charge >= 0.3 is 94.9 Å². The van der Waals surface area contributed by atoms with Crippen LogP contribution in [0.4, 0.5) is 0 Å². The zero-order valence-electron chi connectivity index (χ0n) is 19.1. The predicted octanol–water partition coefficient (Wildman–Crippen LogP) is 1.42. The Morgan fingerprint density at radius 2 is 0.611 bits per heavy atom. The fourth-order valence-electron chi connectivity index (χ4n) is 5.61. The average molecular weight is 529 g/mol. The van der Waals surface area contributed by atoms with Crippen molar-refractivity contribution in [3.63, 3.8) is 0 Å². The number of carbonyl (C=O) groups is 6. The van der Waals surface area contributed by atoms with Crippen LogP contribution < -0.4 is 0 Å². The van der Waals surface area contributed by atoms with Crippen molar-refractivity contribution in [2.24, 2.45) is 35.5 Å². The van der Waals surface area contributed by atoms with E-state index in [1.54, 1.807) is 0 Å². The summed E-state index contributed by atoms with van der Waals surface area (Å²) in [6, 6.07) is 0. The molecule has 3 rings (SSSR count). The molecule has 6 unspecified atom stereocenters. The number of ether oxygens (including phenoxy) is 2. The number of aliphatic carboxylic acids is 2. The second-order valence-electron chi connectivity index (χ2n) is 9.65. The summed E-state index contributed by atoms with van der Waals surface area (Å²) < 4.78 is 10.1. The summed E-state index contributed by atoms with van der Waals surface area (Å²) in [6.45, 7) is 0. The molecule has 0 heterocycles. The molecule has 10 nitrogen and oxygen atoms in total. The molecule has 36 heavy (non-hydrogen) atoms. The normalized spacial score (nSPS) is 29.9. The molecule has 12 heteroatoms. The van der Waals surface area contributed by atoms with Crippen LogP contribution >= 0.6 is 0 Å². The number of carbonyl (C=O) groups excluding carboxylic acids is 4. The molecule has 0 aromatic rings. The minimum absolute atomic E-state index is 0. The monoisotopic (exact) mass is 528 g/mol. The number of hydrogen-bond donors (Lipinski definition) is 2. The first-order valence-electron chi connectivity index (χ1n) is 12.2. The van der Waals surface area contributed by atoms with E-state index in [1.807, 2.05) is 0 Å². The van der Waals surface area contributed by atoms with Gasteiger partial charge in [0.1, 0.15) is 0 Å². The predicted molar refractivity (Wildman–Crippen MR) is 128 cm³/mol. The zero-order valence-corrected chi connectivity index (χ0v) is 19.1. The van der Waals surface area contributed by atoms with Gasteiger partial charge in [-0.05, 0) is 38.5 Å². The molecule has 3 aliphatic rings. The topological polar surface area (TPSA) is 161 Å². The van der Waals surface area contributed by atoms with Crippen LogP contribution in [0.3, 0.4) is 0 Å². The summed E-state index contributed by atoms with van der Waals surface area (Å²) in [4.78, 5) is 73.8. The van der Waals surface area contributed by atoms with Gasteiger partial charge in [0.05, 0.1) is 35.5 Å². The Bertz CT molecular complexity index is 777. The van der Waals surface area contributed by atoms with Gasteiger partial charge < -0.3 is 19.7 Å². The summed E-state index contributed by atoms with van der Waals surface area (Å²) in [5.41, 5.74) is 0. The average Bonchev–Trinajstić information content (AvgIpc) is 2.83. The van der Waals surface area contributed by atoms with Crippen LogP contribution in [-0.4, -0.2) is 105 Å². The molecule has 2 N–H and O–H groups in total. The zero-order chi connectivity index (χ0) is 24.8. The van der Waals surface area contributed by atoms with Crippen LogP contribution in [0.25, 0.3) is 0 Å². The molecule has 0 aromatic heterocycles. The van der Waals surface area contributed by atoms with Crippen molar-refractivity contribution in [2.45, 2.75) is 77.0 Å². The molecule has 0 radical (unpaired) electrons. The summed E-state index contributed by atoms with van der Waals surface area (Å²) in [5.74, 6) is -11.4. The van der Waals surface area contributed by atoms with E-state index in [4.69, 9.17) is 9.47 Å². The maximum atomic E-state index is 12.8. The van der Waals surface area contributed by atoms with E-state index in [-0.39, 0.29) is 72.0 Å². The number of esters is 4. The maximum absolute atomic E-state index is 12.8. The molecule has 3 saturated carbocycles. The van der Waals surface area contributed by atoms with Crippen molar-refractivity contribution < 1.29 is 48.5 Å². The van der Waals surface area contributed by atoms with Crippen molar-refractivity contribution in [3.05, 3.63) is 0 Å². The molecule has 0 aliphatic heterocycles. The van der Waals surface area contributed by atoms with Crippen molar-refractivity contribution >= 4 is 94.9 Å². The summed E-state index contributed by atoms with van der Waals surface area (Å²) in [6.07, 6.45) is 5.79.